The highest BCUT2D eigenvalue weighted by Crippen LogP contribution is 2.49. The summed E-state index contributed by atoms with van der Waals surface area (Å²) in [7, 11) is 0. The molecule has 0 bridgehead atoms. The number of hydrogen-bond donors (Lipinski definition) is 1. The highest BCUT2D eigenvalue weighted by molar-refractivity contribution is 6.11. The minimum absolute atomic E-state index is 0.0179. The van der Waals surface area contributed by atoms with Crippen molar-refractivity contribution in [3.05, 3.63) is 101 Å². The zero-order valence-corrected chi connectivity index (χ0v) is 16.4. The summed E-state index contributed by atoms with van der Waals surface area (Å²) >= 11 is 0. The molecule has 3 aromatic rings. The second kappa shape index (κ2) is 7.27. The van der Waals surface area contributed by atoms with E-state index in [2.05, 4.69) is 0 Å². The molecular formula is C24H18F3NO3. The first kappa shape index (κ1) is 20.7. The third-order valence-electron chi connectivity index (χ3n) is 5.75. The zero-order valence-electron chi connectivity index (χ0n) is 16.4. The topological polar surface area (TPSA) is 57.6 Å². The number of alkyl halides is 3. The molecule has 0 aromatic heterocycles. The van der Waals surface area contributed by atoms with Gasteiger partial charge in [-0.1, -0.05) is 54.6 Å². The van der Waals surface area contributed by atoms with Crippen molar-refractivity contribution < 1.29 is 27.9 Å². The quantitative estimate of drug-likeness (QED) is 0.607. The summed E-state index contributed by atoms with van der Waals surface area (Å²) in [5.41, 5.74) is -1.55. The number of aliphatic carboxylic acids is 1. The first-order valence-corrected chi connectivity index (χ1v) is 9.54. The lowest BCUT2D eigenvalue weighted by Gasteiger charge is -2.46. The molecule has 0 radical (unpaired) electrons. The van der Waals surface area contributed by atoms with Gasteiger partial charge in [0.25, 0.3) is 5.91 Å². The Labute approximate surface area is 176 Å². The molecule has 1 aliphatic heterocycles. The summed E-state index contributed by atoms with van der Waals surface area (Å²) in [5.74, 6) is -1.74. The van der Waals surface area contributed by atoms with E-state index in [1.807, 2.05) is 0 Å². The predicted octanol–water partition coefficient (Wildman–Crippen LogP) is 5.45. The smallest absolute Gasteiger partial charge is 0.416 e. The molecule has 1 amide bonds. The van der Waals surface area contributed by atoms with Crippen LogP contribution in [0.3, 0.4) is 0 Å². The number of fused-ring (bicyclic) bond motifs is 1. The molecule has 7 heteroatoms. The van der Waals surface area contributed by atoms with Crippen LogP contribution in [0, 0.1) is 0 Å². The summed E-state index contributed by atoms with van der Waals surface area (Å²) in [6.07, 6.45) is -4.61. The van der Waals surface area contributed by atoms with Gasteiger partial charge in [0.2, 0.25) is 0 Å². The van der Waals surface area contributed by atoms with Crippen LogP contribution in [0.2, 0.25) is 0 Å². The molecule has 2 atom stereocenters. The average Bonchev–Trinajstić information content (AvgIpc) is 2.76. The molecule has 1 aliphatic rings. The van der Waals surface area contributed by atoms with Crippen molar-refractivity contribution >= 4 is 17.6 Å². The van der Waals surface area contributed by atoms with Gasteiger partial charge in [0, 0.05) is 11.3 Å². The Hall–Kier alpha value is -3.61. The molecular weight excluding hydrogens is 407 g/mol. The lowest BCUT2D eigenvalue weighted by molar-refractivity contribution is -0.144. The molecule has 4 nitrogen and oxygen atoms in total. The van der Waals surface area contributed by atoms with Gasteiger partial charge in [-0.05, 0) is 42.3 Å². The molecule has 0 aliphatic carbocycles. The molecule has 0 saturated carbocycles. The molecule has 3 aromatic carbocycles. The van der Waals surface area contributed by atoms with Crippen LogP contribution < -0.4 is 4.90 Å². The van der Waals surface area contributed by atoms with Gasteiger partial charge in [0.05, 0.1) is 11.6 Å². The molecule has 0 saturated heterocycles. The second-order valence-corrected chi connectivity index (χ2v) is 7.59. The standard InChI is InChI=1S/C24H18F3NO3/c1-23(22(30)31)19-13-6-5-12-18(19)21(29)28(20(23)15-8-3-2-4-9-15)17-11-7-10-16(14-17)24(25,26)27/h2-14,20H,1H3,(H,30,31)/t20-,23-/m1/s1. The fraction of sp³-hybridized carbons (Fsp3) is 0.167. The van der Waals surface area contributed by atoms with E-state index in [4.69, 9.17) is 0 Å². The minimum Gasteiger partial charge on any atom is -0.481 e. The highest BCUT2D eigenvalue weighted by atomic mass is 19.4. The molecule has 0 spiro atoms. The zero-order chi connectivity index (χ0) is 22.4. The summed E-state index contributed by atoms with van der Waals surface area (Å²) < 4.78 is 40.1. The third-order valence-corrected chi connectivity index (χ3v) is 5.75. The largest absolute Gasteiger partial charge is 0.481 e. The van der Waals surface area contributed by atoms with Crippen molar-refractivity contribution in [2.24, 2.45) is 0 Å². The van der Waals surface area contributed by atoms with Gasteiger partial charge in [0.1, 0.15) is 5.41 Å². The van der Waals surface area contributed by atoms with E-state index in [1.54, 1.807) is 48.5 Å². The van der Waals surface area contributed by atoms with Gasteiger partial charge >= 0.3 is 12.1 Å². The van der Waals surface area contributed by atoms with Crippen LogP contribution in [-0.2, 0) is 16.4 Å². The first-order valence-electron chi connectivity index (χ1n) is 9.54. The summed E-state index contributed by atoms with van der Waals surface area (Å²) in [5, 5.41) is 10.3. The van der Waals surface area contributed by atoms with Gasteiger partial charge in [-0.15, -0.1) is 0 Å². The Morgan fingerprint density at radius 1 is 0.968 bits per heavy atom. The summed E-state index contributed by atoms with van der Waals surface area (Å²) in [6, 6.07) is 18.2. The van der Waals surface area contributed by atoms with E-state index in [1.165, 1.54) is 30.0 Å². The van der Waals surface area contributed by atoms with Crippen LogP contribution in [-0.4, -0.2) is 17.0 Å². The number of halogens is 3. The highest BCUT2D eigenvalue weighted by Gasteiger charge is 2.54. The predicted molar refractivity (Wildman–Crippen MR) is 109 cm³/mol. The lowest BCUT2D eigenvalue weighted by atomic mass is 9.68. The number of anilines is 1. The minimum atomic E-state index is -4.61. The Morgan fingerprint density at radius 2 is 1.61 bits per heavy atom. The summed E-state index contributed by atoms with van der Waals surface area (Å²) in [6.45, 7) is 1.50. The van der Waals surface area contributed by atoms with Crippen molar-refractivity contribution in [3.8, 4) is 0 Å². The van der Waals surface area contributed by atoms with E-state index in [0.29, 0.717) is 11.1 Å². The second-order valence-electron chi connectivity index (χ2n) is 7.59. The van der Waals surface area contributed by atoms with Crippen LogP contribution in [0.25, 0.3) is 0 Å². The molecule has 0 fully saturated rings. The molecule has 158 valence electrons. The van der Waals surface area contributed by atoms with Crippen molar-refractivity contribution in [3.63, 3.8) is 0 Å². The Morgan fingerprint density at radius 3 is 2.26 bits per heavy atom. The van der Waals surface area contributed by atoms with E-state index >= 15 is 0 Å². The monoisotopic (exact) mass is 425 g/mol. The van der Waals surface area contributed by atoms with E-state index in [9.17, 15) is 27.9 Å². The molecule has 1 N–H and O–H groups in total. The van der Waals surface area contributed by atoms with Gasteiger partial charge < -0.3 is 5.11 Å². The van der Waals surface area contributed by atoms with Crippen LogP contribution >= 0.6 is 0 Å². The van der Waals surface area contributed by atoms with Crippen LogP contribution in [0.5, 0.6) is 0 Å². The fourth-order valence-electron chi connectivity index (χ4n) is 4.22. The molecule has 0 unspecified atom stereocenters. The van der Waals surface area contributed by atoms with Gasteiger partial charge in [-0.3, -0.25) is 14.5 Å². The van der Waals surface area contributed by atoms with Crippen LogP contribution in [0.4, 0.5) is 18.9 Å². The van der Waals surface area contributed by atoms with Gasteiger partial charge in [0.15, 0.2) is 0 Å². The number of amides is 1. The van der Waals surface area contributed by atoms with Gasteiger partial charge in [-0.25, -0.2) is 0 Å². The number of nitrogens with zero attached hydrogens (tertiary/aromatic N) is 1. The number of benzene rings is 3. The normalized spacial score (nSPS) is 21.0. The number of carboxylic acid groups (broad SMARTS) is 1. The van der Waals surface area contributed by atoms with Gasteiger partial charge in [-0.2, -0.15) is 13.2 Å². The maximum atomic E-state index is 13.5. The Bertz CT molecular complexity index is 1160. The SMILES string of the molecule is C[C@@]1(C(=O)O)c2ccccc2C(=O)N(c2cccc(C(F)(F)F)c2)[C@@H]1c1ccccc1. The number of carbonyl (C=O) groups excluding carboxylic acids is 1. The fourth-order valence-corrected chi connectivity index (χ4v) is 4.22. The maximum Gasteiger partial charge on any atom is 0.416 e. The molecule has 4 rings (SSSR count). The Kier molecular flexibility index (Phi) is 4.84. The third kappa shape index (κ3) is 3.26. The first-order chi connectivity index (χ1) is 14.7. The number of hydrogen-bond acceptors (Lipinski definition) is 2. The molecule has 31 heavy (non-hydrogen) atoms. The number of carbonyl (C=O) groups is 2. The van der Waals surface area contributed by atoms with E-state index in [-0.39, 0.29) is 11.3 Å². The van der Waals surface area contributed by atoms with Crippen molar-refractivity contribution in [1.29, 1.82) is 0 Å². The van der Waals surface area contributed by atoms with Crippen molar-refractivity contribution in [2.75, 3.05) is 4.90 Å². The maximum absolute atomic E-state index is 13.5. The van der Waals surface area contributed by atoms with E-state index < -0.39 is 35.1 Å². The van der Waals surface area contributed by atoms with Crippen LogP contribution in [0.15, 0.2) is 78.9 Å². The van der Waals surface area contributed by atoms with E-state index in [0.717, 1.165) is 12.1 Å². The average molecular weight is 425 g/mol. The van der Waals surface area contributed by atoms with Crippen molar-refractivity contribution in [2.45, 2.75) is 24.6 Å². The number of carboxylic acids is 1. The lowest BCUT2D eigenvalue weighted by Crippen LogP contribution is -2.54. The summed E-state index contributed by atoms with van der Waals surface area (Å²) in [4.78, 5) is 27.3. The number of rotatable bonds is 3. The van der Waals surface area contributed by atoms with Crippen LogP contribution in [0.1, 0.15) is 40.0 Å². The molecule has 1 heterocycles. The van der Waals surface area contributed by atoms with Crippen molar-refractivity contribution in [1.82, 2.24) is 0 Å². The Balaban J connectivity index is 2.03.